The summed E-state index contributed by atoms with van der Waals surface area (Å²) < 4.78 is 0. The molecular formula is C30H29BN2. The second-order valence-electron chi connectivity index (χ2n) is 10.0. The predicted octanol–water partition coefficient (Wildman–Crippen LogP) is 5.97. The van der Waals surface area contributed by atoms with Crippen LogP contribution in [-0.4, -0.2) is 13.9 Å². The van der Waals surface area contributed by atoms with Gasteiger partial charge in [0.1, 0.15) is 0 Å². The average molecular weight is 428 g/mol. The van der Waals surface area contributed by atoms with Gasteiger partial charge in [-0.3, -0.25) is 0 Å². The van der Waals surface area contributed by atoms with E-state index in [1.54, 1.807) is 0 Å². The molecule has 0 N–H and O–H groups in total. The van der Waals surface area contributed by atoms with Gasteiger partial charge in [-0.15, -0.1) is 0 Å². The lowest BCUT2D eigenvalue weighted by Crippen LogP contribution is -2.63. The third kappa shape index (κ3) is 2.69. The molecule has 0 saturated heterocycles. The Labute approximate surface area is 197 Å². The minimum atomic E-state index is -0.0423. The molecule has 3 heteroatoms. The van der Waals surface area contributed by atoms with Crippen LogP contribution in [0, 0.1) is 13.8 Å². The quantitative estimate of drug-likeness (QED) is 0.345. The first-order valence-electron chi connectivity index (χ1n) is 11.8. The Morgan fingerprint density at radius 3 is 1.55 bits per heavy atom. The van der Waals surface area contributed by atoms with Gasteiger partial charge < -0.3 is 9.71 Å². The molecule has 33 heavy (non-hydrogen) atoms. The fourth-order valence-corrected chi connectivity index (χ4v) is 6.15. The van der Waals surface area contributed by atoms with Crippen molar-refractivity contribution in [1.29, 1.82) is 0 Å². The Kier molecular flexibility index (Phi) is 4.29. The molecule has 0 radical (unpaired) electrons. The van der Waals surface area contributed by atoms with Crippen LogP contribution in [0.5, 0.6) is 0 Å². The van der Waals surface area contributed by atoms with E-state index in [9.17, 15) is 0 Å². The molecule has 0 atom stereocenters. The summed E-state index contributed by atoms with van der Waals surface area (Å²) in [6.07, 6.45) is 0. The fraction of sp³-hybridized carbons (Fsp3) is 0.200. The van der Waals surface area contributed by atoms with E-state index in [0.29, 0.717) is 0 Å². The molecule has 4 aromatic carbocycles. The molecule has 0 fully saturated rings. The normalized spacial score (nSPS) is 15.5. The molecule has 6 rings (SSSR count). The van der Waals surface area contributed by atoms with Crippen molar-refractivity contribution in [3.05, 3.63) is 107 Å². The van der Waals surface area contributed by atoms with Crippen molar-refractivity contribution in [3.63, 3.8) is 0 Å². The summed E-state index contributed by atoms with van der Waals surface area (Å²) in [7, 11) is 2.19. The zero-order valence-electron chi connectivity index (χ0n) is 20.1. The van der Waals surface area contributed by atoms with Crippen LogP contribution in [0.2, 0.25) is 0 Å². The average Bonchev–Trinajstić information content (AvgIpc) is 2.82. The van der Waals surface area contributed by atoms with Crippen molar-refractivity contribution in [1.82, 2.24) is 0 Å². The maximum atomic E-state index is 2.63. The second kappa shape index (κ2) is 7.02. The number of hydrogen-bond donors (Lipinski definition) is 0. The number of nitrogens with zero attached hydrogens (tertiary/aromatic N) is 2. The highest BCUT2D eigenvalue weighted by Gasteiger charge is 2.45. The molecule has 2 nitrogen and oxygen atoms in total. The summed E-state index contributed by atoms with van der Waals surface area (Å²) in [5.74, 6) is 0. The van der Waals surface area contributed by atoms with Gasteiger partial charge in [-0.1, -0.05) is 86.6 Å². The van der Waals surface area contributed by atoms with Crippen LogP contribution in [0.1, 0.15) is 36.1 Å². The lowest BCUT2D eigenvalue weighted by molar-refractivity contribution is 0.645. The first-order chi connectivity index (χ1) is 15.9. The molecule has 2 aliphatic rings. The fourth-order valence-electron chi connectivity index (χ4n) is 6.15. The molecule has 0 saturated carbocycles. The summed E-state index contributed by atoms with van der Waals surface area (Å²) in [6.45, 7) is 9.33. The van der Waals surface area contributed by atoms with Crippen LogP contribution in [0.4, 0.5) is 22.7 Å². The van der Waals surface area contributed by atoms with Gasteiger partial charge in [0.15, 0.2) is 0 Å². The Balaban J connectivity index is 1.74. The molecule has 2 heterocycles. The van der Waals surface area contributed by atoms with E-state index < -0.39 is 0 Å². The van der Waals surface area contributed by atoms with E-state index in [1.807, 2.05) is 0 Å². The van der Waals surface area contributed by atoms with Gasteiger partial charge >= 0.3 is 6.85 Å². The monoisotopic (exact) mass is 428 g/mol. The number of para-hydroxylation sites is 2. The lowest BCUT2D eigenvalue weighted by atomic mass is 9.40. The molecule has 0 bridgehead atoms. The number of fused-ring (bicyclic) bond motifs is 4. The molecule has 0 aromatic heterocycles. The van der Waals surface area contributed by atoms with Crippen LogP contribution in [0.3, 0.4) is 0 Å². The van der Waals surface area contributed by atoms with Gasteiger partial charge in [0, 0.05) is 12.5 Å². The number of aryl methyl sites for hydroxylation is 2. The summed E-state index contributed by atoms with van der Waals surface area (Å²) in [5.41, 5.74) is 13.3. The van der Waals surface area contributed by atoms with Crippen LogP contribution >= 0.6 is 0 Å². The highest BCUT2D eigenvalue weighted by Crippen LogP contribution is 2.51. The van der Waals surface area contributed by atoms with Gasteiger partial charge in [-0.05, 0) is 59.2 Å². The maximum absolute atomic E-state index is 2.63. The lowest BCUT2D eigenvalue weighted by Gasteiger charge is -2.47. The zero-order valence-corrected chi connectivity index (χ0v) is 20.1. The predicted molar refractivity (Wildman–Crippen MR) is 143 cm³/mol. The number of hydrogen-bond acceptors (Lipinski definition) is 2. The van der Waals surface area contributed by atoms with Crippen molar-refractivity contribution in [3.8, 4) is 0 Å². The van der Waals surface area contributed by atoms with E-state index in [4.69, 9.17) is 0 Å². The Hall–Kier alpha value is -3.46. The third-order valence-corrected chi connectivity index (χ3v) is 7.75. The number of benzene rings is 4. The zero-order chi connectivity index (χ0) is 22.9. The summed E-state index contributed by atoms with van der Waals surface area (Å²) in [5, 5.41) is 0. The second-order valence-corrected chi connectivity index (χ2v) is 10.0. The van der Waals surface area contributed by atoms with Gasteiger partial charge in [-0.25, -0.2) is 0 Å². The van der Waals surface area contributed by atoms with Crippen molar-refractivity contribution in [2.45, 2.75) is 33.1 Å². The minimum absolute atomic E-state index is 0.0423. The van der Waals surface area contributed by atoms with Crippen LogP contribution in [-0.2, 0) is 5.41 Å². The first-order valence-corrected chi connectivity index (χ1v) is 11.8. The number of anilines is 4. The molecule has 162 valence electrons. The summed E-state index contributed by atoms with van der Waals surface area (Å²) in [4.78, 5) is 4.98. The van der Waals surface area contributed by atoms with Crippen LogP contribution in [0.15, 0.2) is 84.9 Å². The smallest absolute Gasteiger partial charge is 0.328 e. The maximum Gasteiger partial charge on any atom is 0.328 e. The van der Waals surface area contributed by atoms with E-state index in [0.717, 1.165) is 0 Å². The van der Waals surface area contributed by atoms with Crippen LogP contribution in [0.25, 0.3) is 0 Å². The highest BCUT2D eigenvalue weighted by molar-refractivity contribution is 6.90. The molecule has 0 unspecified atom stereocenters. The molecular weight excluding hydrogens is 399 g/mol. The topological polar surface area (TPSA) is 6.48 Å². The van der Waals surface area contributed by atoms with E-state index in [2.05, 4.69) is 129 Å². The van der Waals surface area contributed by atoms with Gasteiger partial charge in [-0.2, -0.15) is 0 Å². The first kappa shape index (κ1) is 20.2. The van der Waals surface area contributed by atoms with Crippen molar-refractivity contribution in [2.24, 2.45) is 0 Å². The van der Waals surface area contributed by atoms with E-state index >= 15 is 0 Å². The van der Waals surface area contributed by atoms with E-state index in [-0.39, 0.29) is 12.3 Å². The highest BCUT2D eigenvalue weighted by atomic mass is 15.2. The Morgan fingerprint density at radius 1 is 0.606 bits per heavy atom. The van der Waals surface area contributed by atoms with Crippen molar-refractivity contribution >= 4 is 40.5 Å². The Morgan fingerprint density at radius 2 is 1.06 bits per heavy atom. The molecule has 2 aliphatic heterocycles. The molecule has 0 spiro atoms. The minimum Gasteiger partial charge on any atom is -0.373 e. The summed E-state index contributed by atoms with van der Waals surface area (Å²) in [6, 6.07) is 31.5. The van der Waals surface area contributed by atoms with Crippen molar-refractivity contribution in [2.75, 3.05) is 16.8 Å². The van der Waals surface area contributed by atoms with Gasteiger partial charge in [0.2, 0.25) is 0 Å². The van der Waals surface area contributed by atoms with Gasteiger partial charge in [0.05, 0.1) is 22.7 Å². The van der Waals surface area contributed by atoms with Crippen molar-refractivity contribution < 1.29 is 0 Å². The largest absolute Gasteiger partial charge is 0.373 e. The van der Waals surface area contributed by atoms with E-state index in [1.165, 1.54) is 55.9 Å². The molecule has 4 aromatic rings. The SMILES string of the molecule is Cc1cccc2c1N(B1c3ccccc3C(C)(C)c3ccccc31)c1c(C)cccc1N2C. The Bertz CT molecular complexity index is 1300. The third-order valence-electron chi connectivity index (χ3n) is 7.75. The van der Waals surface area contributed by atoms with Crippen LogP contribution < -0.4 is 20.6 Å². The standard InChI is InChI=1S/C30H29BN2/c1-20-12-10-18-26-28(20)33(29-21(2)13-11-19-27(29)32(26)5)31-24-16-8-6-14-22(24)30(3,4)23-15-7-9-17-25(23)31/h6-19H,1-5H3. The van der Waals surface area contributed by atoms with Gasteiger partial charge in [0.25, 0.3) is 0 Å². The number of rotatable bonds is 1. The molecule has 0 aliphatic carbocycles. The summed E-state index contributed by atoms with van der Waals surface area (Å²) >= 11 is 0. The molecule has 0 amide bonds.